The molecular weight excluding hydrogens is 364 g/mol. The molecule has 29 heavy (non-hydrogen) atoms. The van der Waals surface area contributed by atoms with Crippen molar-refractivity contribution < 1.29 is 14.4 Å². The van der Waals surface area contributed by atoms with Gasteiger partial charge in [0, 0.05) is 24.4 Å². The fraction of sp³-hybridized carbons (Fsp3) is 0.375. The van der Waals surface area contributed by atoms with Crippen molar-refractivity contribution in [2.75, 3.05) is 0 Å². The van der Waals surface area contributed by atoms with Gasteiger partial charge in [-0.3, -0.25) is 19.3 Å². The van der Waals surface area contributed by atoms with E-state index >= 15 is 0 Å². The van der Waals surface area contributed by atoms with E-state index in [1.165, 1.54) is 10.5 Å². The van der Waals surface area contributed by atoms with Gasteiger partial charge in [-0.15, -0.1) is 0 Å². The Morgan fingerprint density at radius 3 is 2.17 bits per heavy atom. The van der Waals surface area contributed by atoms with Crippen LogP contribution in [0, 0.1) is 0 Å². The average molecular weight is 392 g/mol. The van der Waals surface area contributed by atoms with E-state index in [0.717, 1.165) is 12.0 Å². The number of hydrogen-bond donors (Lipinski definition) is 1. The van der Waals surface area contributed by atoms with E-state index in [-0.39, 0.29) is 48.6 Å². The number of likely N-dealkylation sites (tertiary alicyclic amines) is 1. The molecule has 1 aliphatic heterocycles. The van der Waals surface area contributed by atoms with Crippen LogP contribution in [0.25, 0.3) is 0 Å². The number of hydrogen-bond acceptors (Lipinski definition) is 3. The predicted molar refractivity (Wildman–Crippen MR) is 112 cm³/mol. The Kier molecular flexibility index (Phi) is 6.16. The summed E-state index contributed by atoms with van der Waals surface area (Å²) in [6.45, 7) is 6.64. The molecule has 3 amide bonds. The van der Waals surface area contributed by atoms with Crippen LogP contribution in [0.2, 0.25) is 0 Å². The number of carbonyl (C=O) groups is 3. The molecule has 0 aromatic heterocycles. The summed E-state index contributed by atoms with van der Waals surface area (Å²) >= 11 is 0. The number of rotatable bonds is 7. The van der Waals surface area contributed by atoms with E-state index in [9.17, 15) is 14.4 Å². The Morgan fingerprint density at radius 2 is 1.59 bits per heavy atom. The van der Waals surface area contributed by atoms with Crippen molar-refractivity contribution in [2.45, 2.75) is 58.0 Å². The third-order valence-corrected chi connectivity index (χ3v) is 5.46. The fourth-order valence-corrected chi connectivity index (χ4v) is 3.87. The second-order valence-corrected chi connectivity index (χ2v) is 8.40. The molecule has 1 saturated heterocycles. The van der Waals surface area contributed by atoms with E-state index in [1.807, 2.05) is 25.1 Å². The van der Waals surface area contributed by atoms with Gasteiger partial charge in [-0.05, 0) is 42.0 Å². The van der Waals surface area contributed by atoms with Gasteiger partial charge in [-0.1, -0.05) is 56.3 Å². The van der Waals surface area contributed by atoms with Gasteiger partial charge in [0.1, 0.15) is 0 Å². The first-order valence-corrected chi connectivity index (χ1v) is 10.0. The maximum atomic E-state index is 12.6. The normalized spacial score (nSPS) is 15.5. The van der Waals surface area contributed by atoms with Crippen molar-refractivity contribution in [1.29, 1.82) is 0 Å². The van der Waals surface area contributed by atoms with Crippen molar-refractivity contribution in [2.24, 2.45) is 0 Å². The Morgan fingerprint density at radius 1 is 1.00 bits per heavy atom. The Hall–Kier alpha value is -2.95. The number of amides is 3. The minimum atomic E-state index is -0.133. The zero-order chi connectivity index (χ0) is 21.0. The first kappa shape index (κ1) is 20.8. The summed E-state index contributed by atoms with van der Waals surface area (Å²) in [5.41, 5.74) is 2.60. The monoisotopic (exact) mass is 392 g/mol. The van der Waals surface area contributed by atoms with Crippen molar-refractivity contribution >= 4 is 17.7 Å². The average Bonchev–Trinajstić information content (AvgIpc) is 3.00. The van der Waals surface area contributed by atoms with E-state index < -0.39 is 0 Å². The summed E-state index contributed by atoms with van der Waals surface area (Å²) in [4.78, 5) is 37.4. The van der Waals surface area contributed by atoms with Crippen LogP contribution in [0.1, 0.15) is 61.5 Å². The molecule has 3 rings (SSSR count). The van der Waals surface area contributed by atoms with Crippen LogP contribution >= 0.6 is 0 Å². The number of nitrogens with zero attached hydrogens (tertiary/aromatic N) is 1. The highest BCUT2D eigenvalue weighted by Crippen LogP contribution is 2.28. The lowest BCUT2D eigenvalue weighted by Gasteiger charge is -2.29. The molecule has 1 aliphatic rings. The highest BCUT2D eigenvalue weighted by atomic mass is 16.2. The molecule has 5 heteroatoms. The maximum Gasteiger partial charge on any atom is 0.251 e. The third kappa shape index (κ3) is 5.11. The molecule has 1 fully saturated rings. The van der Waals surface area contributed by atoms with Crippen LogP contribution < -0.4 is 5.32 Å². The number of nitrogens with one attached hydrogen (secondary N) is 1. The molecule has 1 atom stereocenters. The molecule has 5 nitrogen and oxygen atoms in total. The Balaban J connectivity index is 1.57. The summed E-state index contributed by atoms with van der Waals surface area (Å²) in [6, 6.07) is 17.4. The van der Waals surface area contributed by atoms with Gasteiger partial charge in [-0.2, -0.15) is 0 Å². The van der Waals surface area contributed by atoms with E-state index in [1.54, 1.807) is 24.3 Å². The minimum absolute atomic E-state index is 0.0113. The largest absolute Gasteiger partial charge is 0.350 e. The molecule has 152 valence electrons. The van der Waals surface area contributed by atoms with Crippen molar-refractivity contribution in [1.82, 2.24) is 10.2 Å². The van der Waals surface area contributed by atoms with Gasteiger partial charge in [0.15, 0.2) is 0 Å². The Labute approximate surface area is 172 Å². The molecule has 0 spiro atoms. The van der Waals surface area contributed by atoms with E-state index in [2.05, 4.69) is 31.3 Å². The quantitative estimate of drug-likeness (QED) is 0.729. The summed E-state index contributed by atoms with van der Waals surface area (Å²) in [5, 5.41) is 3.07. The van der Waals surface area contributed by atoms with Crippen molar-refractivity contribution in [3.8, 4) is 0 Å². The molecule has 0 radical (unpaired) electrons. The SMILES string of the molecule is CC(CC(C)(C)c1ccccc1)NC(=O)c1ccc(CN2C(=O)CCC2=O)cc1. The van der Waals surface area contributed by atoms with Gasteiger partial charge in [0.25, 0.3) is 5.91 Å². The van der Waals surface area contributed by atoms with Gasteiger partial charge in [0.05, 0.1) is 6.54 Å². The highest BCUT2D eigenvalue weighted by molar-refractivity contribution is 6.01. The maximum absolute atomic E-state index is 12.6. The highest BCUT2D eigenvalue weighted by Gasteiger charge is 2.28. The lowest BCUT2D eigenvalue weighted by molar-refractivity contribution is -0.139. The zero-order valence-electron chi connectivity index (χ0n) is 17.3. The van der Waals surface area contributed by atoms with Crippen molar-refractivity contribution in [3.63, 3.8) is 0 Å². The van der Waals surface area contributed by atoms with Crippen LogP contribution in [0.4, 0.5) is 0 Å². The third-order valence-electron chi connectivity index (χ3n) is 5.46. The Bertz CT molecular complexity index is 872. The van der Waals surface area contributed by atoms with Gasteiger partial charge in [-0.25, -0.2) is 0 Å². The molecule has 0 saturated carbocycles. The predicted octanol–water partition coefficient (Wildman–Crippen LogP) is 3.82. The summed E-state index contributed by atoms with van der Waals surface area (Å²) in [7, 11) is 0. The summed E-state index contributed by atoms with van der Waals surface area (Å²) in [5.74, 6) is -0.389. The number of carbonyl (C=O) groups excluding carboxylic acids is 3. The molecule has 1 unspecified atom stereocenters. The molecular formula is C24H28N2O3. The molecule has 0 aliphatic carbocycles. The number of imide groups is 1. The smallest absolute Gasteiger partial charge is 0.251 e. The fourth-order valence-electron chi connectivity index (χ4n) is 3.87. The first-order valence-electron chi connectivity index (χ1n) is 10.0. The molecule has 1 N–H and O–H groups in total. The lowest BCUT2D eigenvalue weighted by Crippen LogP contribution is -2.37. The van der Waals surface area contributed by atoms with E-state index in [4.69, 9.17) is 0 Å². The van der Waals surface area contributed by atoms with Crippen molar-refractivity contribution in [3.05, 3.63) is 71.3 Å². The topological polar surface area (TPSA) is 66.5 Å². The standard InChI is InChI=1S/C24H28N2O3/c1-17(15-24(2,3)20-7-5-4-6-8-20)25-23(29)19-11-9-18(10-12-19)16-26-21(27)13-14-22(26)28/h4-12,17H,13-16H2,1-3H3,(H,25,29). The van der Waals surface area contributed by atoms with Crippen LogP contribution in [0.15, 0.2) is 54.6 Å². The van der Waals surface area contributed by atoms with E-state index in [0.29, 0.717) is 5.56 Å². The van der Waals surface area contributed by atoms with Crippen LogP contribution in [-0.4, -0.2) is 28.7 Å². The lowest BCUT2D eigenvalue weighted by atomic mass is 9.79. The molecule has 1 heterocycles. The summed E-state index contributed by atoms with van der Waals surface area (Å²) < 4.78 is 0. The first-order chi connectivity index (χ1) is 13.8. The van der Waals surface area contributed by atoms with Gasteiger partial charge in [0.2, 0.25) is 11.8 Å². The second-order valence-electron chi connectivity index (χ2n) is 8.40. The molecule has 2 aromatic rings. The molecule has 0 bridgehead atoms. The molecule has 2 aromatic carbocycles. The van der Waals surface area contributed by atoms with Gasteiger partial charge >= 0.3 is 0 Å². The summed E-state index contributed by atoms with van der Waals surface area (Å²) in [6.07, 6.45) is 1.40. The second kappa shape index (κ2) is 8.60. The number of benzene rings is 2. The minimum Gasteiger partial charge on any atom is -0.350 e. The van der Waals surface area contributed by atoms with Crippen LogP contribution in [0.3, 0.4) is 0 Å². The van der Waals surface area contributed by atoms with Crippen LogP contribution in [0.5, 0.6) is 0 Å². The van der Waals surface area contributed by atoms with Crippen LogP contribution in [-0.2, 0) is 21.5 Å². The zero-order valence-corrected chi connectivity index (χ0v) is 17.3. The van der Waals surface area contributed by atoms with Gasteiger partial charge < -0.3 is 5.32 Å².